The van der Waals surface area contributed by atoms with Crippen molar-refractivity contribution in [3.63, 3.8) is 0 Å². The molecule has 1 unspecified atom stereocenters. The van der Waals surface area contributed by atoms with Crippen LogP contribution in [0.2, 0.25) is 0 Å². The Labute approximate surface area is 75.6 Å². The van der Waals surface area contributed by atoms with E-state index in [1.807, 2.05) is 0 Å². The number of hydrogen-bond donors (Lipinski definition) is 2. The molecule has 0 heterocycles. The van der Waals surface area contributed by atoms with E-state index in [4.69, 9.17) is 0 Å². The van der Waals surface area contributed by atoms with Crippen molar-refractivity contribution in [2.24, 2.45) is 11.3 Å². The highest BCUT2D eigenvalue weighted by atomic mass is 32.1. The van der Waals surface area contributed by atoms with Crippen molar-refractivity contribution in [3.05, 3.63) is 0 Å². The van der Waals surface area contributed by atoms with Gasteiger partial charge < -0.3 is 0 Å². The van der Waals surface area contributed by atoms with Gasteiger partial charge in [-0.2, -0.15) is 25.3 Å². The zero-order valence-corrected chi connectivity index (χ0v) is 9.05. The molecular weight excluding hydrogens is 160 g/mol. The molecule has 0 spiro atoms. The molecule has 0 saturated carbocycles. The van der Waals surface area contributed by atoms with E-state index in [0.717, 1.165) is 5.75 Å². The minimum absolute atomic E-state index is 0.250. The van der Waals surface area contributed by atoms with Crippen LogP contribution in [0.3, 0.4) is 0 Å². The summed E-state index contributed by atoms with van der Waals surface area (Å²) in [5, 5.41) is 0.449. The lowest BCUT2D eigenvalue weighted by Crippen LogP contribution is -2.30. The third-order valence-electron chi connectivity index (χ3n) is 1.84. The fourth-order valence-corrected chi connectivity index (χ4v) is 1.43. The SMILES string of the molecule is CC(C)C(S)C(C)(C)CS. The maximum Gasteiger partial charge on any atom is 0.00987 e. The summed E-state index contributed by atoms with van der Waals surface area (Å²) in [5.41, 5.74) is 0.250. The van der Waals surface area contributed by atoms with E-state index >= 15 is 0 Å². The number of thiol groups is 2. The average Bonchev–Trinajstić information content (AvgIpc) is 1.86. The molecule has 0 aromatic carbocycles. The van der Waals surface area contributed by atoms with Crippen LogP contribution in [-0.4, -0.2) is 11.0 Å². The second-order valence-corrected chi connectivity index (χ2v) is 4.71. The van der Waals surface area contributed by atoms with E-state index in [1.165, 1.54) is 0 Å². The van der Waals surface area contributed by atoms with E-state index in [9.17, 15) is 0 Å². The van der Waals surface area contributed by atoms with Crippen molar-refractivity contribution >= 4 is 25.3 Å². The monoisotopic (exact) mass is 178 g/mol. The molecular formula is C8H18S2. The Morgan fingerprint density at radius 3 is 1.80 bits per heavy atom. The predicted octanol–water partition coefficient (Wildman–Crippen LogP) is 2.90. The highest BCUT2D eigenvalue weighted by molar-refractivity contribution is 7.81. The summed E-state index contributed by atoms with van der Waals surface area (Å²) in [6.07, 6.45) is 0. The molecule has 0 fully saturated rings. The Morgan fingerprint density at radius 1 is 1.30 bits per heavy atom. The van der Waals surface area contributed by atoms with Crippen molar-refractivity contribution < 1.29 is 0 Å². The average molecular weight is 178 g/mol. The number of hydrogen-bond acceptors (Lipinski definition) is 2. The highest BCUT2D eigenvalue weighted by Crippen LogP contribution is 2.31. The molecule has 0 radical (unpaired) electrons. The first-order chi connectivity index (χ1) is 4.41. The maximum absolute atomic E-state index is 4.54. The quantitative estimate of drug-likeness (QED) is 0.610. The van der Waals surface area contributed by atoms with Gasteiger partial charge in [-0.1, -0.05) is 27.7 Å². The summed E-state index contributed by atoms with van der Waals surface area (Å²) < 4.78 is 0. The van der Waals surface area contributed by atoms with Gasteiger partial charge in [0.1, 0.15) is 0 Å². The molecule has 0 bridgehead atoms. The van der Waals surface area contributed by atoms with E-state index in [0.29, 0.717) is 11.2 Å². The zero-order chi connectivity index (χ0) is 8.36. The van der Waals surface area contributed by atoms with Gasteiger partial charge in [0, 0.05) is 5.25 Å². The maximum atomic E-state index is 4.54. The van der Waals surface area contributed by atoms with Gasteiger partial charge >= 0.3 is 0 Å². The van der Waals surface area contributed by atoms with Crippen molar-refractivity contribution in [2.45, 2.75) is 32.9 Å². The van der Waals surface area contributed by atoms with Crippen molar-refractivity contribution in [1.29, 1.82) is 0 Å². The molecule has 0 saturated heterocycles. The summed E-state index contributed by atoms with van der Waals surface area (Å²) in [7, 11) is 0. The van der Waals surface area contributed by atoms with Gasteiger partial charge in [-0.15, -0.1) is 0 Å². The Hall–Kier alpha value is 0.700. The molecule has 0 aliphatic rings. The van der Waals surface area contributed by atoms with Crippen LogP contribution in [0.25, 0.3) is 0 Å². The first kappa shape index (κ1) is 10.7. The van der Waals surface area contributed by atoms with Crippen molar-refractivity contribution in [2.75, 3.05) is 5.75 Å². The summed E-state index contributed by atoms with van der Waals surface area (Å²) >= 11 is 8.82. The molecule has 62 valence electrons. The van der Waals surface area contributed by atoms with Gasteiger partial charge in [-0.3, -0.25) is 0 Å². The lowest BCUT2D eigenvalue weighted by molar-refractivity contribution is 0.346. The van der Waals surface area contributed by atoms with Crippen LogP contribution in [0.4, 0.5) is 0 Å². The summed E-state index contributed by atoms with van der Waals surface area (Å²) in [6, 6.07) is 0. The van der Waals surface area contributed by atoms with Crippen molar-refractivity contribution in [3.8, 4) is 0 Å². The summed E-state index contributed by atoms with van der Waals surface area (Å²) in [5.74, 6) is 1.53. The molecule has 0 aromatic rings. The standard InChI is InChI=1S/C8H18S2/c1-6(2)7(10)8(3,4)5-9/h6-7,9-10H,5H2,1-4H3. The third kappa shape index (κ3) is 2.75. The first-order valence-corrected chi connectivity index (χ1v) is 4.85. The highest BCUT2D eigenvalue weighted by Gasteiger charge is 2.27. The molecule has 2 heteroatoms. The fraction of sp³-hybridized carbons (Fsp3) is 1.00. The second-order valence-electron chi connectivity index (χ2n) is 3.84. The minimum Gasteiger partial charge on any atom is -0.179 e. The van der Waals surface area contributed by atoms with Crippen LogP contribution in [-0.2, 0) is 0 Å². The lowest BCUT2D eigenvalue weighted by Gasteiger charge is -2.32. The lowest BCUT2D eigenvalue weighted by atomic mass is 9.85. The zero-order valence-electron chi connectivity index (χ0n) is 7.26. The summed E-state index contributed by atoms with van der Waals surface area (Å²) in [6.45, 7) is 8.81. The summed E-state index contributed by atoms with van der Waals surface area (Å²) in [4.78, 5) is 0. The Bertz CT molecular complexity index is 97.4. The van der Waals surface area contributed by atoms with Crippen LogP contribution in [0.15, 0.2) is 0 Å². The van der Waals surface area contributed by atoms with Gasteiger partial charge in [0.15, 0.2) is 0 Å². The van der Waals surface area contributed by atoms with E-state index < -0.39 is 0 Å². The van der Waals surface area contributed by atoms with Crippen LogP contribution < -0.4 is 0 Å². The third-order valence-corrected chi connectivity index (χ3v) is 3.95. The topological polar surface area (TPSA) is 0 Å². The van der Waals surface area contributed by atoms with E-state index in [-0.39, 0.29) is 5.41 Å². The normalized spacial score (nSPS) is 15.9. The largest absolute Gasteiger partial charge is 0.179 e. The van der Waals surface area contributed by atoms with Gasteiger partial charge in [0.2, 0.25) is 0 Å². The van der Waals surface area contributed by atoms with Gasteiger partial charge in [-0.05, 0) is 17.1 Å². The molecule has 0 nitrogen and oxygen atoms in total. The number of rotatable bonds is 3. The second kappa shape index (κ2) is 3.91. The molecule has 0 aromatic heterocycles. The predicted molar refractivity (Wildman–Crippen MR) is 55.2 cm³/mol. The van der Waals surface area contributed by atoms with E-state index in [2.05, 4.69) is 53.0 Å². The van der Waals surface area contributed by atoms with E-state index in [1.54, 1.807) is 0 Å². The first-order valence-electron chi connectivity index (χ1n) is 3.70. The van der Waals surface area contributed by atoms with Gasteiger partial charge in [-0.25, -0.2) is 0 Å². The Balaban J connectivity index is 4.03. The fourth-order valence-electron chi connectivity index (χ4n) is 0.996. The molecule has 0 rings (SSSR count). The van der Waals surface area contributed by atoms with Crippen LogP contribution >= 0.6 is 25.3 Å². The molecule has 0 aliphatic heterocycles. The van der Waals surface area contributed by atoms with Gasteiger partial charge in [0.25, 0.3) is 0 Å². The molecule has 0 aliphatic carbocycles. The smallest absolute Gasteiger partial charge is 0.00987 e. The molecule has 1 atom stereocenters. The van der Waals surface area contributed by atoms with Crippen LogP contribution in [0.1, 0.15) is 27.7 Å². The van der Waals surface area contributed by atoms with Crippen molar-refractivity contribution in [1.82, 2.24) is 0 Å². The minimum atomic E-state index is 0.250. The molecule has 0 N–H and O–H groups in total. The van der Waals surface area contributed by atoms with Crippen LogP contribution in [0, 0.1) is 11.3 Å². The molecule has 0 amide bonds. The van der Waals surface area contributed by atoms with Crippen LogP contribution in [0.5, 0.6) is 0 Å². The van der Waals surface area contributed by atoms with Gasteiger partial charge in [0.05, 0.1) is 0 Å². The Kier molecular flexibility index (Phi) is 4.19. The molecule has 10 heavy (non-hydrogen) atoms. The Morgan fingerprint density at radius 2 is 1.70 bits per heavy atom.